The Kier molecular flexibility index (Phi) is 5.79. The molecule has 3 aromatic rings. The number of morpholine rings is 1. The predicted molar refractivity (Wildman–Crippen MR) is 120 cm³/mol. The summed E-state index contributed by atoms with van der Waals surface area (Å²) in [6.45, 7) is 8.93. The summed E-state index contributed by atoms with van der Waals surface area (Å²) in [6, 6.07) is 5.19. The summed E-state index contributed by atoms with van der Waals surface area (Å²) in [5.41, 5.74) is 5.99. The number of rotatable bonds is 4. The van der Waals surface area contributed by atoms with Crippen molar-refractivity contribution in [1.29, 1.82) is 0 Å². The van der Waals surface area contributed by atoms with Crippen LogP contribution >= 0.6 is 0 Å². The molecule has 0 bridgehead atoms. The van der Waals surface area contributed by atoms with Crippen LogP contribution in [0, 0.1) is 20.8 Å². The highest BCUT2D eigenvalue weighted by atomic mass is 19.3. The molecule has 0 aliphatic carbocycles. The maximum Gasteiger partial charge on any atom is 0.270 e. The monoisotopic (exact) mass is 441 g/mol. The van der Waals surface area contributed by atoms with Gasteiger partial charge in [-0.05, 0) is 55.7 Å². The van der Waals surface area contributed by atoms with Gasteiger partial charge in [0.1, 0.15) is 0 Å². The lowest BCUT2D eigenvalue weighted by Gasteiger charge is -2.27. The Bertz CT molecular complexity index is 1190. The predicted octanol–water partition coefficient (Wildman–Crippen LogP) is 4.67. The lowest BCUT2D eigenvalue weighted by molar-refractivity contribution is 0.0175. The maximum atomic E-state index is 14.0. The number of carbonyl (C=O) groups excluding carboxylic acids is 1. The van der Waals surface area contributed by atoms with Gasteiger partial charge in [-0.1, -0.05) is 0 Å². The number of aryl methyl sites for hydroxylation is 3. The van der Waals surface area contributed by atoms with E-state index < -0.39 is 5.92 Å². The third kappa shape index (κ3) is 4.01. The Labute approximate surface area is 187 Å². The molecule has 0 unspecified atom stereocenters. The molecule has 5 nitrogen and oxygen atoms in total. The van der Waals surface area contributed by atoms with Crippen LogP contribution in [-0.4, -0.2) is 46.7 Å². The Balaban J connectivity index is 1.73. The Hall–Kier alpha value is -2.80. The molecule has 3 heterocycles. The van der Waals surface area contributed by atoms with Crippen molar-refractivity contribution in [3.63, 3.8) is 0 Å². The minimum atomic E-state index is -2.89. The van der Waals surface area contributed by atoms with E-state index in [9.17, 15) is 13.6 Å². The number of ether oxygens (including phenoxy) is 1. The molecule has 1 aromatic carbocycles. The molecule has 0 radical (unpaired) electrons. The summed E-state index contributed by atoms with van der Waals surface area (Å²) in [7, 11) is 1.90. The van der Waals surface area contributed by atoms with E-state index in [-0.39, 0.29) is 11.5 Å². The number of alkyl halides is 2. The number of fused-ring (bicyclic) bond motifs is 1. The number of hydrogen-bond acceptors (Lipinski definition) is 3. The molecule has 32 heavy (non-hydrogen) atoms. The van der Waals surface area contributed by atoms with Gasteiger partial charge in [-0.25, -0.2) is 8.78 Å². The molecule has 0 N–H and O–H groups in total. The smallest absolute Gasteiger partial charge is 0.270 e. The second-order valence-corrected chi connectivity index (χ2v) is 8.75. The first kappa shape index (κ1) is 22.4. The Morgan fingerprint density at radius 3 is 2.50 bits per heavy atom. The van der Waals surface area contributed by atoms with Gasteiger partial charge >= 0.3 is 0 Å². The molecule has 7 heteroatoms. The van der Waals surface area contributed by atoms with Gasteiger partial charge in [0.15, 0.2) is 0 Å². The zero-order chi connectivity index (χ0) is 23.2. The van der Waals surface area contributed by atoms with E-state index in [4.69, 9.17) is 4.74 Å². The van der Waals surface area contributed by atoms with E-state index in [1.54, 1.807) is 23.2 Å². The highest BCUT2D eigenvalue weighted by molar-refractivity contribution is 5.96. The average Bonchev–Trinajstić information content (AvgIpc) is 3.07. The molecule has 0 atom stereocenters. The van der Waals surface area contributed by atoms with E-state index in [1.807, 2.05) is 32.4 Å². The van der Waals surface area contributed by atoms with Gasteiger partial charge in [0.2, 0.25) is 0 Å². The SMILES string of the molecule is Cc1ncc(C(=O)N2CCOCC2)c(C)c1Cc1cc2c(C)cc(C(C)(F)F)cc2n1C. The second kappa shape index (κ2) is 8.28. The van der Waals surface area contributed by atoms with Gasteiger partial charge in [-0.15, -0.1) is 0 Å². The summed E-state index contributed by atoms with van der Waals surface area (Å²) in [6.07, 6.45) is 2.23. The molecule has 1 amide bonds. The number of nitrogens with zero attached hydrogens (tertiary/aromatic N) is 3. The van der Waals surface area contributed by atoms with Gasteiger partial charge in [0, 0.05) is 67.5 Å². The van der Waals surface area contributed by atoms with Crippen molar-refractivity contribution in [1.82, 2.24) is 14.5 Å². The Morgan fingerprint density at radius 2 is 1.84 bits per heavy atom. The molecule has 4 rings (SSSR count). The molecular formula is C25H29F2N3O2. The first-order valence-corrected chi connectivity index (χ1v) is 10.9. The van der Waals surface area contributed by atoms with Gasteiger partial charge in [0.25, 0.3) is 11.8 Å². The molecule has 2 aromatic heterocycles. The fourth-order valence-corrected chi connectivity index (χ4v) is 4.45. The van der Waals surface area contributed by atoms with Crippen LogP contribution in [0.5, 0.6) is 0 Å². The van der Waals surface area contributed by atoms with E-state index in [0.29, 0.717) is 38.3 Å². The summed E-state index contributed by atoms with van der Waals surface area (Å²) in [5, 5.41) is 0.958. The quantitative estimate of drug-likeness (QED) is 0.591. The summed E-state index contributed by atoms with van der Waals surface area (Å²) >= 11 is 0. The van der Waals surface area contributed by atoms with Crippen molar-refractivity contribution in [2.24, 2.45) is 7.05 Å². The van der Waals surface area contributed by atoms with Gasteiger partial charge in [-0.3, -0.25) is 9.78 Å². The van der Waals surface area contributed by atoms with Crippen LogP contribution in [0.3, 0.4) is 0 Å². The van der Waals surface area contributed by atoms with Crippen LogP contribution in [0.1, 0.15) is 50.9 Å². The van der Waals surface area contributed by atoms with Crippen LogP contribution in [-0.2, 0) is 24.1 Å². The largest absolute Gasteiger partial charge is 0.378 e. The standard InChI is InChI=1S/C25H29F2N3O2/c1-15-10-18(25(4,26)27)11-23-20(15)12-19(29(23)5)13-21-16(2)22(14-28-17(21)3)24(31)30-6-8-32-9-7-30/h10-12,14H,6-9,13H2,1-5H3. The summed E-state index contributed by atoms with van der Waals surface area (Å²) < 4.78 is 35.3. The number of hydrogen-bond donors (Lipinski definition) is 0. The zero-order valence-corrected chi connectivity index (χ0v) is 19.3. The molecule has 1 saturated heterocycles. The van der Waals surface area contributed by atoms with Crippen molar-refractivity contribution >= 4 is 16.8 Å². The maximum absolute atomic E-state index is 14.0. The highest BCUT2D eigenvalue weighted by Crippen LogP contribution is 2.33. The fraction of sp³-hybridized carbons (Fsp3) is 0.440. The highest BCUT2D eigenvalue weighted by Gasteiger charge is 2.26. The molecule has 1 aliphatic heterocycles. The Morgan fingerprint density at radius 1 is 1.16 bits per heavy atom. The van der Waals surface area contributed by atoms with Crippen LogP contribution < -0.4 is 0 Å². The van der Waals surface area contributed by atoms with Crippen LogP contribution in [0.4, 0.5) is 8.78 Å². The fourth-order valence-electron chi connectivity index (χ4n) is 4.45. The number of halogens is 2. The third-order valence-corrected chi connectivity index (χ3v) is 6.54. The van der Waals surface area contributed by atoms with Crippen molar-refractivity contribution in [3.05, 3.63) is 63.6 Å². The first-order chi connectivity index (χ1) is 15.1. The topological polar surface area (TPSA) is 47.4 Å². The molecule has 1 aliphatic rings. The summed E-state index contributed by atoms with van der Waals surface area (Å²) in [5.74, 6) is -2.92. The molecule has 170 valence electrons. The van der Waals surface area contributed by atoms with Crippen LogP contribution in [0.15, 0.2) is 24.4 Å². The third-order valence-electron chi connectivity index (χ3n) is 6.54. The number of aromatic nitrogens is 2. The van der Waals surface area contributed by atoms with Gasteiger partial charge in [-0.2, -0.15) is 0 Å². The number of amides is 1. The number of benzene rings is 1. The van der Waals surface area contributed by atoms with Crippen LogP contribution in [0.2, 0.25) is 0 Å². The van der Waals surface area contributed by atoms with E-state index in [2.05, 4.69) is 11.1 Å². The van der Waals surface area contributed by atoms with Crippen molar-refractivity contribution in [3.8, 4) is 0 Å². The molecule has 1 fully saturated rings. The van der Waals surface area contributed by atoms with E-state index in [0.717, 1.165) is 45.9 Å². The van der Waals surface area contributed by atoms with Crippen LogP contribution in [0.25, 0.3) is 10.9 Å². The average molecular weight is 442 g/mol. The van der Waals surface area contributed by atoms with E-state index >= 15 is 0 Å². The first-order valence-electron chi connectivity index (χ1n) is 10.9. The lowest BCUT2D eigenvalue weighted by atomic mass is 9.97. The van der Waals surface area contributed by atoms with Crippen molar-refractivity contribution in [2.75, 3.05) is 26.3 Å². The molecule has 0 saturated carbocycles. The minimum Gasteiger partial charge on any atom is -0.378 e. The normalized spacial score (nSPS) is 14.9. The summed E-state index contributed by atoms with van der Waals surface area (Å²) in [4.78, 5) is 19.4. The van der Waals surface area contributed by atoms with Gasteiger partial charge in [0.05, 0.1) is 18.8 Å². The number of carbonyl (C=O) groups is 1. The zero-order valence-electron chi connectivity index (χ0n) is 19.3. The molecular weight excluding hydrogens is 412 g/mol. The second-order valence-electron chi connectivity index (χ2n) is 8.75. The van der Waals surface area contributed by atoms with E-state index in [1.165, 1.54) is 0 Å². The van der Waals surface area contributed by atoms with Gasteiger partial charge < -0.3 is 14.2 Å². The number of pyridine rings is 1. The van der Waals surface area contributed by atoms with Crippen molar-refractivity contribution < 1.29 is 18.3 Å². The molecule has 0 spiro atoms. The lowest BCUT2D eigenvalue weighted by Crippen LogP contribution is -2.41. The van der Waals surface area contributed by atoms with Crippen molar-refractivity contribution in [2.45, 2.75) is 40.0 Å². The minimum absolute atomic E-state index is 0.0161.